The average molecular weight is 513 g/mol. The third-order valence-corrected chi connectivity index (χ3v) is 8.08. The molecule has 0 spiro atoms. The number of aromatic nitrogens is 5. The number of methoxy groups -OCH3 is 1. The van der Waals surface area contributed by atoms with Gasteiger partial charge in [-0.2, -0.15) is 5.10 Å². The minimum atomic E-state index is -0.117. The summed E-state index contributed by atoms with van der Waals surface area (Å²) >= 11 is 1.55. The Kier molecular flexibility index (Phi) is 7.26. The van der Waals surface area contributed by atoms with Gasteiger partial charge in [0, 0.05) is 70.3 Å². The zero-order chi connectivity index (χ0) is 25.2. The van der Waals surface area contributed by atoms with Crippen LogP contribution in [0.4, 0.5) is 0 Å². The van der Waals surface area contributed by atoms with Crippen molar-refractivity contribution >= 4 is 28.8 Å². The number of hydrogen-bond acceptors (Lipinski definition) is 9. The van der Waals surface area contributed by atoms with Crippen molar-refractivity contribution in [2.24, 2.45) is 0 Å². The van der Waals surface area contributed by atoms with Crippen LogP contribution in [0, 0.1) is 13.8 Å². The van der Waals surface area contributed by atoms with Crippen molar-refractivity contribution in [3.8, 4) is 0 Å². The maximum atomic E-state index is 13.2. The van der Waals surface area contributed by atoms with Gasteiger partial charge in [0.25, 0.3) is 11.8 Å². The number of hydrogen-bond donors (Lipinski definition) is 0. The van der Waals surface area contributed by atoms with Crippen LogP contribution < -0.4 is 0 Å². The van der Waals surface area contributed by atoms with E-state index in [1.165, 1.54) is 0 Å². The number of piperazine rings is 1. The number of likely N-dealkylation sites (tertiary alicyclic amines) is 1. The van der Waals surface area contributed by atoms with Crippen LogP contribution in [0.15, 0.2) is 11.4 Å². The zero-order valence-corrected chi connectivity index (χ0v) is 21.8. The van der Waals surface area contributed by atoms with Crippen LogP contribution in [0.3, 0.4) is 0 Å². The first kappa shape index (κ1) is 24.7. The van der Waals surface area contributed by atoms with Gasteiger partial charge >= 0.3 is 0 Å². The molecule has 12 heteroatoms. The van der Waals surface area contributed by atoms with Crippen molar-refractivity contribution in [2.75, 3.05) is 59.5 Å². The van der Waals surface area contributed by atoms with Crippen molar-refractivity contribution in [3.05, 3.63) is 39.2 Å². The van der Waals surface area contributed by atoms with Crippen LogP contribution >= 0.6 is 11.3 Å². The molecule has 0 atom stereocenters. The molecule has 2 aliphatic rings. The predicted octanol–water partition coefficient (Wildman–Crippen LogP) is 1.62. The molecule has 3 aromatic heterocycles. The summed E-state index contributed by atoms with van der Waals surface area (Å²) in [5.74, 6) is 0.137. The molecule has 36 heavy (non-hydrogen) atoms. The molecule has 0 radical (unpaired) electrons. The van der Waals surface area contributed by atoms with Gasteiger partial charge < -0.3 is 14.5 Å². The fourth-order valence-corrected chi connectivity index (χ4v) is 5.85. The standard InChI is InChI=1S/C24H32N8O3S/c1-16-14-20-26-27-21(17(2)32(20)28-16)24(34)30-6-4-18(5-7-30)22-25-19(15-36-22)23(33)31-10-8-29(9-11-31)12-13-35-3/h14-15,18H,4-13H2,1-3H3. The fourth-order valence-electron chi connectivity index (χ4n) is 4.88. The maximum Gasteiger partial charge on any atom is 0.276 e. The van der Waals surface area contributed by atoms with Crippen LogP contribution in [0.25, 0.3) is 5.65 Å². The van der Waals surface area contributed by atoms with Crippen molar-refractivity contribution in [2.45, 2.75) is 32.6 Å². The average Bonchev–Trinajstić information content (AvgIpc) is 3.54. The molecule has 0 aromatic carbocycles. The van der Waals surface area contributed by atoms with Crippen molar-refractivity contribution in [3.63, 3.8) is 0 Å². The Bertz CT molecular complexity index is 1240. The van der Waals surface area contributed by atoms with Crippen molar-refractivity contribution < 1.29 is 14.3 Å². The summed E-state index contributed by atoms with van der Waals surface area (Å²) in [7, 11) is 1.71. The van der Waals surface area contributed by atoms with Crippen molar-refractivity contribution in [1.29, 1.82) is 0 Å². The SMILES string of the molecule is COCCN1CCN(C(=O)c2csc(C3CCN(C(=O)c4nnc5cc(C)nn5c4C)CC3)n2)CC1. The lowest BCUT2D eigenvalue weighted by atomic mass is 9.97. The van der Waals surface area contributed by atoms with E-state index in [-0.39, 0.29) is 17.7 Å². The Morgan fingerprint density at radius 1 is 1.03 bits per heavy atom. The summed E-state index contributed by atoms with van der Waals surface area (Å²) in [6.07, 6.45) is 1.61. The van der Waals surface area contributed by atoms with Crippen LogP contribution in [-0.2, 0) is 4.74 Å². The molecule has 11 nitrogen and oxygen atoms in total. The summed E-state index contributed by atoms with van der Waals surface area (Å²) in [6.45, 7) is 9.71. The van der Waals surface area contributed by atoms with Gasteiger partial charge in [-0.1, -0.05) is 0 Å². The zero-order valence-electron chi connectivity index (χ0n) is 21.0. The number of fused-ring (bicyclic) bond motifs is 1. The van der Waals surface area contributed by atoms with Gasteiger partial charge in [0.15, 0.2) is 11.3 Å². The molecule has 2 aliphatic heterocycles. The number of piperidine rings is 1. The highest BCUT2D eigenvalue weighted by Crippen LogP contribution is 2.31. The second-order valence-electron chi connectivity index (χ2n) is 9.45. The molecule has 2 amide bonds. The molecule has 5 rings (SSSR count). The monoisotopic (exact) mass is 512 g/mol. The molecule has 0 unspecified atom stereocenters. The van der Waals surface area contributed by atoms with E-state index in [2.05, 4.69) is 20.2 Å². The third-order valence-electron chi connectivity index (χ3n) is 7.07. The van der Waals surface area contributed by atoms with E-state index in [0.29, 0.717) is 55.5 Å². The number of carbonyl (C=O) groups excluding carboxylic acids is 2. The van der Waals surface area contributed by atoms with E-state index >= 15 is 0 Å². The summed E-state index contributed by atoms with van der Waals surface area (Å²) in [6, 6.07) is 1.84. The lowest BCUT2D eigenvalue weighted by Gasteiger charge is -2.34. The first-order valence-electron chi connectivity index (χ1n) is 12.4. The molecular formula is C24H32N8O3S. The lowest BCUT2D eigenvalue weighted by molar-refractivity contribution is 0.0589. The smallest absolute Gasteiger partial charge is 0.276 e. The Hall–Kier alpha value is -2.96. The normalized spacial score (nSPS) is 17.8. The summed E-state index contributed by atoms with van der Waals surface area (Å²) < 4.78 is 6.83. The molecule has 5 heterocycles. The predicted molar refractivity (Wildman–Crippen MR) is 134 cm³/mol. The number of amides is 2. The minimum absolute atomic E-state index is 0.00908. The molecular weight excluding hydrogens is 480 g/mol. The van der Waals surface area contributed by atoms with Crippen LogP contribution in [0.5, 0.6) is 0 Å². The van der Waals surface area contributed by atoms with Crippen molar-refractivity contribution in [1.82, 2.24) is 39.5 Å². The Balaban J connectivity index is 1.17. The van der Waals surface area contributed by atoms with E-state index in [0.717, 1.165) is 43.2 Å². The van der Waals surface area contributed by atoms with E-state index in [4.69, 9.17) is 9.72 Å². The van der Waals surface area contributed by atoms with E-state index in [1.807, 2.05) is 35.1 Å². The topological polar surface area (TPSA) is 109 Å². The van der Waals surface area contributed by atoms with Crippen LogP contribution in [-0.4, -0.2) is 111 Å². The quantitative estimate of drug-likeness (QED) is 0.490. The lowest BCUT2D eigenvalue weighted by Crippen LogP contribution is -2.49. The molecule has 2 fully saturated rings. The van der Waals surface area contributed by atoms with Crippen LogP contribution in [0.2, 0.25) is 0 Å². The molecule has 0 aliphatic carbocycles. The van der Waals surface area contributed by atoms with Gasteiger partial charge in [0.1, 0.15) is 5.69 Å². The number of ether oxygens (including phenoxy) is 1. The molecule has 192 valence electrons. The molecule has 0 bridgehead atoms. The first-order chi connectivity index (χ1) is 17.4. The highest BCUT2D eigenvalue weighted by atomic mass is 32.1. The fraction of sp³-hybridized carbons (Fsp3) is 0.583. The van der Waals surface area contributed by atoms with Gasteiger partial charge in [0.05, 0.1) is 23.0 Å². The largest absolute Gasteiger partial charge is 0.383 e. The van der Waals surface area contributed by atoms with E-state index < -0.39 is 0 Å². The Morgan fingerprint density at radius 3 is 2.47 bits per heavy atom. The number of carbonyl (C=O) groups is 2. The Morgan fingerprint density at radius 2 is 1.75 bits per heavy atom. The number of thiazole rings is 1. The van der Waals surface area contributed by atoms with Gasteiger partial charge in [-0.25, -0.2) is 9.50 Å². The number of nitrogens with zero attached hydrogens (tertiary/aromatic N) is 8. The number of aryl methyl sites for hydroxylation is 2. The number of rotatable bonds is 6. The van der Waals surface area contributed by atoms with Gasteiger partial charge in [-0.15, -0.1) is 21.5 Å². The second-order valence-corrected chi connectivity index (χ2v) is 10.3. The van der Waals surface area contributed by atoms with E-state index in [9.17, 15) is 9.59 Å². The molecule has 3 aromatic rings. The van der Waals surface area contributed by atoms with Gasteiger partial charge in [-0.05, 0) is 26.7 Å². The minimum Gasteiger partial charge on any atom is -0.383 e. The first-order valence-corrected chi connectivity index (χ1v) is 13.3. The van der Waals surface area contributed by atoms with Gasteiger partial charge in [0.2, 0.25) is 0 Å². The second kappa shape index (κ2) is 10.6. The highest BCUT2D eigenvalue weighted by molar-refractivity contribution is 7.09. The summed E-state index contributed by atoms with van der Waals surface area (Å²) in [5.41, 5.74) is 3.05. The molecule has 2 saturated heterocycles. The maximum absolute atomic E-state index is 13.2. The Labute approximate surface area is 214 Å². The molecule has 0 N–H and O–H groups in total. The highest BCUT2D eigenvalue weighted by Gasteiger charge is 2.30. The summed E-state index contributed by atoms with van der Waals surface area (Å²) in [4.78, 5) is 36.9. The van der Waals surface area contributed by atoms with Crippen LogP contribution in [0.1, 0.15) is 56.1 Å². The summed E-state index contributed by atoms with van der Waals surface area (Å²) in [5, 5.41) is 15.6. The van der Waals surface area contributed by atoms with Gasteiger partial charge in [-0.3, -0.25) is 14.5 Å². The molecule has 0 saturated carbocycles. The third kappa shape index (κ3) is 4.97. The van der Waals surface area contributed by atoms with E-state index in [1.54, 1.807) is 23.0 Å².